The molecule has 0 bridgehead atoms. The summed E-state index contributed by atoms with van der Waals surface area (Å²) in [5.74, 6) is 0.560. The number of hydrogen-bond donors (Lipinski definition) is 2. The minimum Gasteiger partial charge on any atom is -0.353 e. The molecule has 1 aromatic carbocycles. The topological polar surface area (TPSA) is 56.7 Å². The number of halogens is 1. The molecule has 0 spiro atoms. The minimum absolute atomic E-state index is 0.0173. The van der Waals surface area contributed by atoms with Crippen LogP contribution in [-0.2, 0) is 11.3 Å². The summed E-state index contributed by atoms with van der Waals surface area (Å²) >= 11 is 5.86. The highest BCUT2D eigenvalue weighted by molar-refractivity contribution is 6.30. The van der Waals surface area contributed by atoms with Gasteiger partial charge >= 0.3 is 0 Å². The molecule has 0 unspecified atom stereocenters. The molecule has 1 aromatic rings. The lowest BCUT2D eigenvalue weighted by atomic mass is 10.2. The molecule has 5 nitrogen and oxygen atoms in total. The van der Waals surface area contributed by atoms with E-state index in [-0.39, 0.29) is 12.5 Å². The number of aliphatic imine (C=N–C) groups is 1. The molecular formula is C16H23ClN4O. The number of carbonyl (C=O) groups excluding carboxylic acids is 1. The highest BCUT2D eigenvalue weighted by atomic mass is 35.5. The van der Waals surface area contributed by atoms with Crippen molar-refractivity contribution >= 4 is 23.5 Å². The third-order valence-electron chi connectivity index (χ3n) is 2.80. The Labute approximate surface area is 137 Å². The van der Waals surface area contributed by atoms with Gasteiger partial charge in [-0.2, -0.15) is 0 Å². The van der Waals surface area contributed by atoms with Gasteiger partial charge in [0.15, 0.2) is 5.96 Å². The number of amides is 1. The molecule has 0 radical (unpaired) electrons. The van der Waals surface area contributed by atoms with Crippen LogP contribution in [0.2, 0.25) is 5.02 Å². The van der Waals surface area contributed by atoms with Crippen LogP contribution in [0.5, 0.6) is 0 Å². The van der Waals surface area contributed by atoms with Gasteiger partial charge in [-0.3, -0.25) is 4.79 Å². The highest BCUT2D eigenvalue weighted by Gasteiger charge is 2.05. The molecular weight excluding hydrogens is 300 g/mol. The van der Waals surface area contributed by atoms with Crippen molar-refractivity contribution in [3.8, 4) is 0 Å². The first-order valence-corrected chi connectivity index (χ1v) is 7.37. The van der Waals surface area contributed by atoms with Crippen LogP contribution in [0.1, 0.15) is 12.5 Å². The van der Waals surface area contributed by atoms with Crippen LogP contribution in [0.4, 0.5) is 0 Å². The van der Waals surface area contributed by atoms with Crippen LogP contribution in [-0.4, -0.2) is 44.0 Å². The Morgan fingerprint density at radius 3 is 2.36 bits per heavy atom. The molecule has 22 heavy (non-hydrogen) atoms. The Kier molecular flexibility index (Phi) is 7.46. The predicted octanol–water partition coefficient (Wildman–Crippen LogP) is 2.04. The Balaban J connectivity index is 2.66. The van der Waals surface area contributed by atoms with E-state index >= 15 is 0 Å². The summed E-state index contributed by atoms with van der Waals surface area (Å²) in [5, 5.41) is 6.85. The third-order valence-corrected chi connectivity index (χ3v) is 3.05. The Bertz CT molecular complexity index is 538. The Hall–Kier alpha value is -2.01. The first-order valence-electron chi connectivity index (χ1n) is 6.99. The molecule has 0 fully saturated rings. The molecule has 0 aliphatic carbocycles. The molecule has 1 rings (SSSR count). The van der Waals surface area contributed by atoms with Crippen LogP contribution in [0, 0.1) is 0 Å². The zero-order valence-electron chi connectivity index (χ0n) is 13.3. The Morgan fingerprint density at radius 1 is 1.23 bits per heavy atom. The highest BCUT2D eigenvalue weighted by Crippen LogP contribution is 2.10. The molecule has 0 atom stereocenters. The van der Waals surface area contributed by atoms with Crippen LogP contribution < -0.4 is 10.6 Å². The summed E-state index contributed by atoms with van der Waals surface area (Å²) in [7, 11) is 3.44. The molecule has 1 amide bonds. The van der Waals surface area contributed by atoms with E-state index in [4.69, 9.17) is 11.6 Å². The number of benzene rings is 1. The third kappa shape index (κ3) is 7.13. The molecule has 6 heteroatoms. The summed E-state index contributed by atoms with van der Waals surface area (Å²) in [6.45, 7) is 7.06. The monoisotopic (exact) mass is 322 g/mol. The van der Waals surface area contributed by atoms with Crippen molar-refractivity contribution in [2.75, 3.05) is 27.2 Å². The van der Waals surface area contributed by atoms with E-state index in [9.17, 15) is 4.79 Å². The fourth-order valence-corrected chi connectivity index (χ4v) is 1.61. The van der Waals surface area contributed by atoms with Gasteiger partial charge < -0.3 is 15.5 Å². The van der Waals surface area contributed by atoms with Crippen molar-refractivity contribution in [3.05, 3.63) is 47.0 Å². The van der Waals surface area contributed by atoms with E-state index in [2.05, 4.69) is 22.2 Å². The summed E-state index contributed by atoms with van der Waals surface area (Å²) in [6, 6.07) is 7.51. The number of guanidine groups is 1. The quantitative estimate of drug-likeness (QED) is 0.479. The van der Waals surface area contributed by atoms with Crippen molar-refractivity contribution in [2.24, 2.45) is 4.99 Å². The summed E-state index contributed by atoms with van der Waals surface area (Å²) < 4.78 is 0. The van der Waals surface area contributed by atoms with Gasteiger partial charge in [-0.1, -0.05) is 35.9 Å². The molecule has 0 heterocycles. The fourth-order valence-electron chi connectivity index (χ4n) is 1.49. The first kappa shape index (κ1) is 18.0. The second-order valence-corrected chi connectivity index (χ2v) is 5.68. The minimum atomic E-state index is -0.0173. The molecule has 0 saturated heterocycles. The van der Waals surface area contributed by atoms with Crippen LogP contribution >= 0.6 is 11.6 Å². The van der Waals surface area contributed by atoms with Crippen molar-refractivity contribution in [3.63, 3.8) is 0 Å². The van der Waals surface area contributed by atoms with Crippen molar-refractivity contribution in [2.45, 2.75) is 13.5 Å². The SMILES string of the molecule is C=C(C)CNC(=NCc1ccc(Cl)cc1)NCC(=O)N(C)C. The molecule has 2 N–H and O–H groups in total. The van der Waals surface area contributed by atoms with Crippen molar-refractivity contribution < 1.29 is 4.79 Å². The van der Waals surface area contributed by atoms with Crippen molar-refractivity contribution in [1.82, 2.24) is 15.5 Å². The van der Waals surface area contributed by atoms with E-state index in [0.29, 0.717) is 24.1 Å². The molecule has 0 saturated carbocycles. The number of nitrogens with zero attached hydrogens (tertiary/aromatic N) is 2. The van der Waals surface area contributed by atoms with Gasteiger partial charge in [-0.15, -0.1) is 0 Å². The normalized spacial score (nSPS) is 11.0. The van der Waals surface area contributed by atoms with E-state index in [0.717, 1.165) is 11.1 Å². The van der Waals surface area contributed by atoms with Crippen LogP contribution in [0.25, 0.3) is 0 Å². The van der Waals surface area contributed by atoms with E-state index in [1.54, 1.807) is 14.1 Å². The van der Waals surface area contributed by atoms with E-state index in [1.165, 1.54) is 4.90 Å². The summed E-state index contributed by atoms with van der Waals surface area (Å²) in [5.41, 5.74) is 2.03. The zero-order valence-corrected chi connectivity index (χ0v) is 14.1. The maximum Gasteiger partial charge on any atom is 0.241 e. The smallest absolute Gasteiger partial charge is 0.241 e. The molecule has 0 aliphatic heterocycles. The van der Waals surface area contributed by atoms with E-state index < -0.39 is 0 Å². The van der Waals surface area contributed by atoms with Gasteiger partial charge in [-0.05, 0) is 24.6 Å². The lowest BCUT2D eigenvalue weighted by molar-refractivity contribution is -0.127. The molecule has 120 valence electrons. The largest absolute Gasteiger partial charge is 0.353 e. The number of carbonyl (C=O) groups is 1. The maximum absolute atomic E-state index is 11.6. The standard InChI is InChI=1S/C16H23ClN4O/c1-12(2)9-18-16(20-11-15(22)21(3)4)19-10-13-5-7-14(17)8-6-13/h5-8H,1,9-11H2,2-4H3,(H2,18,19,20). The average Bonchev–Trinajstić information content (AvgIpc) is 2.47. The number of rotatable bonds is 6. The van der Waals surface area contributed by atoms with Gasteiger partial charge in [0, 0.05) is 25.7 Å². The van der Waals surface area contributed by atoms with E-state index in [1.807, 2.05) is 31.2 Å². The van der Waals surface area contributed by atoms with Gasteiger partial charge in [0.25, 0.3) is 0 Å². The average molecular weight is 323 g/mol. The van der Waals surface area contributed by atoms with Crippen LogP contribution in [0.15, 0.2) is 41.4 Å². The Morgan fingerprint density at radius 2 is 1.82 bits per heavy atom. The van der Waals surface area contributed by atoms with Crippen LogP contribution in [0.3, 0.4) is 0 Å². The second-order valence-electron chi connectivity index (χ2n) is 5.24. The predicted molar refractivity (Wildman–Crippen MR) is 92.1 cm³/mol. The van der Waals surface area contributed by atoms with Gasteiger partial charge in [0.2, 0.25) is 5.91 Å². The number of hydrogen-bond acceptors (Lipinski definition) is 2. The zero-order chi connectivity index (χ0) is 16.5. The summed E-state index contributed by atoms with van der Waals surface area (Å²) in [4.78, 5) is 17.6. The maximum atomic E-state index is 11.6. The molecule has 0 aromatic heterocycles. The molecule has 0 aliphatic rings. The number of nitrogens with one attached hydrogen (secondary N) is 2. The second kappa shape index (κ2) is 9.10. The van der Waals surface area contributed by atoms with Gasteiger partial charge in [0.05, 0.1) is 13.1 Å². The van der Waals surface area contributed by atoms with Gasteiger partial charge in [0.1, 0.15) is 0 Å². The lowest BCUT2D eigenvalue weighted by Crippen LogP contribution is -2.43. The fraction of sp³-hybridized carbons (Fsp3) is 0.375. The van der Waals surface area contributed by atoms with Gasteiger partial charge in [-0.25, -0.2) is 4.99 Å². The summed E-state index contributed by atoms with van der Waals surface area (Å²) in [6.07, 6.45) is 0. The number of likely N-dealkylation sites (N-methyl/N-ethyl adjacent to an activating group) is 1. The first-order chi connectivity index (χ1) is 10.4. The van der Waals surface area contributed by atoms with Crippen molar-refractivity contribution in [1.29, 1.82) is 0 Å². The lowest BCUT2D eigenvalue weighted by Gasteiger charge is -2.15.